The van der Waals surface area contributed by atoms with Crippen molar-refractivity contribution in [2.24, 2.45) is 5.92 Å². The summed E-state index contributed by atoms with van der Waals surface area (Å²) in [7, 11) is 0. The van der Waals surface area contributed by atoms with Gasteiger partial charge in [0.05, 0.1) is 10.1 Å². The first-order chi connectivity index (χ1) is 7.36. The van der Waals surface area contributed by atoms with Gasteiger partial charge in [0, 0.05) is 5.56 Å². The highest BCUT2D eigenvalue weighted by Gasteiger charge is 1.99. The van der Waals surface area contributed by atoms with Crippen LogP contribution >= 0.6 is 24.8 Å². The van der Waals surface area contributed by atoms with E-state index in [9.17, 15) is 4.79 Å². The average Bonchev–Trinajstić information content (AvgIpc) is 2.18. The van der Waals surface area contributed by atoms with Gasteiger partial charge in [-0.15, -0.1) is 12.6 Å². The van der Waals surface area contributed by atoms with E-state index < -0.39 is 5.97 Å². The SMILES string of the molecule is CC(C)C(=O)O.Cc1ccccc1C(=S)S. The normalized spacial score (nSPS) is 9.31. The molecule has 0 aliphatic carbocycles. The highest BCUT2D eigenvalue weighted by atomic mass is 32.1. The summed E-state index contributed by atoms with van der Waals surface area (Å²) in [5, 5.41) is 7.99. The van der Waals surface area contributed by atoms with Gasteiger partial charge in [-0.1, -0.05) is 50.3 Å². The van der Waals surface area contributed by atoms with Crippen molar-refractivity contribution >= 4 is 35.0 Å². The highest BCUT2D eigenvalue weighted by Crippen LogP contribution is 2.09. The Morgan fingerprint density at radius 1 is 1.38 bits per heavy atom. The van der Waals surface area contributed by atoms with Gasteiger partial charge in [-0.25, -0.2) is 0 Å². The van der Waals surface area contributed by atoms with E-state index in [1.807, 2.05) is 31.2 Å². The van der Waals surface area contributed by atoms with E-state index in [0.717, 1.165) is 5.56 Å². The van der Waals surface area contributed by atoms with Crippen LogP contribution < -0.4 is 0 Å². The Hall–Kier alpha value is -0.870. The van der Waals surface area contributed by atoms with Crippen molar-refractivity contribution in [2.45, 2.75) is 20.8 Å². The molecule has 0 radical (unpaired) electrons. The van der Waals surface area contributed by atoms with Gasteiger partial charge in [0.25, 0.3) is 0 Å². The predicted octanol–water partition coefficient (Wildman–Crippen LogP) is 3.33. The molecular formula is C12H16O2S2. The van der Waals surface area contributed by atoms with E-state index in [4.69, 9.17) is 17.3 Å². The molecule has 0 heterocycles. The molecule has 0 spiro atoms. The molecule has 0 fully saturated rings. The molecule has 88 valence electrons. The molecule has 2 nitrogen and oxygen atoms in total. The van der Waals surface area contributed by atoms with Gasteiger partial charge in [0.2, 0.25) is 0 Å². The standard InChI is InChI=1S/C8H8S2.C4H8O2/c1-6-4-2-3-5-7(6)8(9)10;1-3(2)4(5)6/h2-5H,1H3,(H,9,10);3H,1-2H3,(H,5,6). The van der Waals surface area contributed by atoms with Crippen LogP contribution in [0.4, 0.5) is 0 Å². The van der Waals surface area contributed by atoms with E-state index >= 15 is 0 Å². The van der Waals surface area contributed by atoms with Crippen molar-refractivity contribution in [3.05, 3.63) is 35.4 Å². The number of hydrogen-bond donors (Lipinski definition) is 2. The third-order valence-electron chi connectivity index (χ3n) is 1.87. The number of rotatable bonds is 2. The summed E-state index contributed by atoms with van der Waals surface area (Å²) in [6.45, 7) is 5.31. The van der Waals surface area contributed by atoms with Crippen LogP contribution in [0.5, 0.6) is 0 Å². The molecule has 16 heavy (non-hydrogen) atoms. The molecule has 0 atom stereocenters. The van der Waals surface area contributed by atoms with Crippen molar-refractivity contribution in [1.82, 2.24) is 0 Å². The molecule has 1 aromatic rings. The third-order valence-corrected chi connectivity index (χ3v) is 2.33. The zero-order valence-electron chi connectivity index (χ0n) is 9.60. The van der Waals surface area contributed by atoms with Crippen molar-refractivity contribution in [3.8, 4) is 0 Å². The second-order valence-electron chi connectivity index (χ2n) is 3.61. The molecule has 1 N–H and O–H groups in total. The van der Waals surface area contributed by atoms with E-state index in [1.54, 1.807) is 13.8 Å². The number of benzene rings is 1. The summed E-state index contributed by atoms with van der Waals surface area (Å²) in [6.07, 6.45) is 0. The van der Waals surface area contributed by atoms with Crippen molar-refractivity contribution in [2.75, 3.05) is 0 Å². The van der Waals surface area contributed by atoms with Gasteiger partial charge >= 0.3 is 5.97 Å². The minimum atomic E-state index is -0.741. The molecule has 0 aliphatic rings. The molecule has 1 rings (SSSR count). The average molecular weight is 256 g/mol. The number of thiol groups is 1. The van der Waals surface area contributed by atoms with Gasteiger partial charge in [-0.05, 0) is 12.5 Å². The summed E-state index contributed by atoms with van der Waals surface area (Å²) in [5.41, 5.74) is 2.24. The maximum Gasteiger partial charge on any atom is 0.305 e. The van der Waals surface area contributed by atoms with Crippen LogP contribution in [0.25, 0.3) is 0 Å². The molecule has 0 saturated heterocycles. The van der Waals surface area contributed by atoms with Crippen LogP contribution in [0.2, 0.25) is 0 Å². The topological polar surface area (TPSA) is 37.3 Å². The quantitative estimate of drug-likeness (QED) is 0.629. The minimum Gasteiger partial charge on any atom is -0.481 e. The Labute approximate surface area is 107 Å². The fourth-order valence-electron chi connectivity index (χ4n) is 0.813. The maximum atomic E-state index is 9.70. The predicted molar refractivity (Wildman–Crippen MR) is 74.3 cm³/mol. The molecule has 4 heteroatoms. The Kier molecular flexibility index (Phi) is 7.01. The number of thiocarbonyl (C=S) groups is 1. The second kappa shape index (κ2) is 7.41. The number of aryl methyl sites for hydroxylation is 1. The zero-order chi connectivity index (χ0) is 12.7. The summed E-state index contributed by atoms with van der Waals surface area (Å²) >= 11 is 9.00. The van der Waals surface area contributed by atoms with Crippen molar-refractivity contribution in [3.63, 3.8) is 0 Å². The third kappa shape index (κ3) is 5.88. The van der Waals surface area contributed by atoms with Gasteiger partial charge in [-0.3, -0.25) is 4.79 Å². The summed E-state index contributed by atoms with van der Waals surface area (Å²) < 4.78 is 0.665. The molecule has 1 aromatic carbocycles. The van der Waals surface area contributed by atoms with Crippen molar-refractivity contribution < 1.29 is 9.90 Å². The first-order valence-electron chi connectivity index (χ1n) is 4.88. The molecule has 0 amide bonds. The molecule has 0 unspecified atom stereocenters. The summed E-state index contributed by atoms with van der Waals surface area (Å²) in [4.78, 5) is 9.70. The lowest BCUT2D eigenvalue weighted by atomic mass is 10.1. The highest BCUT2D eigenvalue weighted by molar-refractivity contribution is 8.11. The van der Waals surface area contributed by atoms with E-state index in [1.165, 1.54) is 5.56 Å². The summed E-state index contributed by atoms with van der Waals surface area (Å²) in [5.74, 6) is -0.972. The summed E-state index contributed by atoms with van der Waals surface area (Å²) in [6, 6.07) is 7.96. The smallest absolute Gasteiger partial charge is 0.305 e. The van der Waals surface area contributed by atoms with Crippen LogP contribution in [0.3, 0.4) is 0 Å². The Morgan fingerprint density at radius 2 is 1.81 bits per heavy atom. The first-order valence-corrected chi connectivity index (χ1v) is 5.73. The van der Waals surface area contributed by atoms with E-state index in [2.05, 4.69) is 12.6 Å². The number of aliphatic carboxylic acids is 1. The Balaban J connectivity index is 0.000000325. The molecule has 0 aliphatic heterocycles. The second-order valence-corrected chi connectivity index (χ2v) is 4.77. The van der Waals surface area contributed by atoms with Crippen LogP contribution in [0.15, 0.2) is 24.3 Å². The van der Waals surface area contributed by atoms with E-state index in [0.29, 0.717) is 4.20 Å². The Morgan fingerprint density at radius 3 is 2.06 bits per heavy atom. The number of carboxylic acids is 1. The van der Waals surface area contributed by atoms with Crippen LogP contribution in [-0.4, -0.2) is 15.3 Å². The van der Waals surface area contributed by atoms with Gasteiger partial charge in [0.1, 0.15) is 0 Å². The maximum absolute atomic E-state index is 9.70. The fourth-order valence-corrected chi connectivity index (χ4v) is 1.29. The van der Waals surface area contributed by atoms with Crippen LogP contribution in [0, 0.1) is 12.8 Å². The number of carboxylic acid groups (broad SMARTS) is 1. The molecule has 0 saturated carbocycles. The first kappa shape index (κ1) is 15.1. The van der Waals surface area contributed by atoms with Crippen LogP contribution in [0.1, 0.15) is 25.0 Å². The van der Waals surface area contributed by atoms with Gasteiger partial charge < -0.3 is 5.11 Å². The van der Waals surface area contributed by atoms with Crippen LogP contribution in [-0.2, 0) is 4.79 Å². The largest absolute Gasteiger partial charge is 0.481 e. The molecular weight excluding hydrogens is 240 g/mol. The van der Waals surface area contributed by atoms with Gasteiger partial charge in [-0.2, -0.15) is 0 Å². The zero-order valence-corrected chi connectivity index (χ0v) is 11.3. The lowest BCUT2D eigenvalue weighted by molar-refractivity contribution is -0.140. The lowest BCUT2D eigenvalue weighted by Gasteiger charge is -1.99. The van der Waals surface area contributed by atoms with Gasteiger partial charge in [0.15, 0.2) is 0 Å². The Bertz CT molecular complexity index is 373. The minimum absolute atomic E-state index is 0.231. The number of carbonyl (C=O) groups is 1. The van der Waals surface area contributed by atoms with E-state index in [-0.39, 0.29) is 5.92 Å². The molecule has 0 bridgehead atoms. The molecule has 0 aromatic heterocycles. The van der Waals surface area contributed by atoms with Crippen molar-refractivity contribution in [1.29, 1.82) is 0 Å². The fraction of sp³-hybridized carbons (Fsp3) is 0.333. The monoisotopic (exact) mass is 256 g/mol. The number of hydrogen-bond acceptors (Lipinski definition) is 2. The lowest BCUT2D eigenvalue weighted by Crippen LogP contribution is -2.03.